The number of nitrogens with one attached hydrogen (secondary N) is 1. The summed E-state index contributed by atoms with van der Waals surface area (Å²) >= 11 is 1.91. The molecule has 2 atom stereocenters. The summed E-state index contributed by atoms with van der Waals surface area (Å²) in [4.78, 5) is 6.17. The first-order valence-electron chi connectivity index (χ1n) is 7.64. The molecule has 0 saturated heterocycles. The first-order valence-corrected chi connectivity index (χ1v) is 8.45. The van der Waals surface area contributed by atoms with Gasteiger partial charge >= 0.3 is 0 Å². The molecule has 3 heteroatoms. The third-order valence-electron chi connectivity index (χ3n) is 4.94. The monoisotopic (exact) mass is 278 g/mol. The molecular formula is C16H26N2S. The number of aryl methyl sites for hydroxylation is 2. The van der Waals surface area contributed by atoms with Crippen molar-refractivity contribution in [1.82, 2.24) is 10.3 Å². The van der Waals surface area contributed by atoms with Crippen molar-refractivity contribution in [3.8, 4) is 0 Å². The minimum absolute atomic E-state index is 0.495. The quantitative estimate of drug-likeness (QED) is 0.888. The Kier molecular flexibility index (Phi) is 3.46. The number of rotatable bonds is 5. The number of nitrogens with zero attached hydrogens (tertiary/aromatic N) is 1. The van der Waals surface area contributed by atoms with E-state index in [4.69, 9.17) is 4.98 Å². The largest absolute Gasteiger partial charge is 0.314 e. The average molecular weight is 278 g/mol. The minimum atomic E-state index is 0.495. The second-order valence-corrected chi connectivity index (χ2v) is 8.41. The highest BCUT2D eigenvalue weighted by atomic mass is 32.1. The fourth-order valence-corrected chi connectivity index (χ4v) is 4.82. The van der Waals surface area contributed by atoms with E-state index in [9.17, 15) is 0 Å². The van der Waals surface area contributed by atoms with Gasteiger partial charge in [-0.05, 0) is 50.4 Å². The first kappa shape index (κ1) is 13.6. The van der Waals surface area contributed by atoms with Gasteiger partial charge in [0.25, 0.3) is 0 Å². The summed E-state index contributed by atoms with van der Waals surface area (Å²) < 4.78 is 0. The highest BCUT2D eigenvalue weighted by Gasteiger charge is 2.53. The molecule has 2 aliphatic carbocycles. The maximum absolute atomic E-state index is 4.78. The van der Waals surface area contributed by atoms with Gasteiger partial charge in [-0.15, -0.1) is 11.3 Å². The van der Waals surface area contributed by atoms with E-state index in [-0.39, 0.29) is 0 Å². The molecule has 1 aromatic heterocycles. The first-order chi connectivity index (χ1) is 8.97. The molecular weight excluding hydrogens is 252 g/mol. The summed E-state index contributed by atoms with van der Waals surface area (Å²) in [5.74, 6) is 2.08. The van der Waals surface area contributed by atoms with Gasteiger partial charge in [-0.1, -0.05) is 13.8 Å². The molecule has 2 aliphatic rings. The van der Waals surface area contributed by atoms with E-state index in [1.807, 2.05) is 11.3 Å². The Hall–Kier alpha value is -0.410. The number of hydrogen-bond donors (Lipinski definition) is 1. The molecule has 2 nitrogen and oxygen atoms in total. The number of thiazole rings is 1. The van der Waals surface area contributed by atoms with Crippen LogP contribution in [0.3, 0.4) is 0 Å². The number of fused-ring (bicyclic) bond motifs is 1. The Balaban J connectivity index is 1.72. The zero-order valence-corrected chi connectivity index (χ0v) is 13.4. The lowest BCUT2D eigenvalue weighted by atomic mass is 9.79. The van der Waals surface area contributed by atoms with Crippen LogP contribution >= 0.6 is 11.3 Å². The third-order valence-corrected chi connectivity index (χ3v) is 6.02. The van der Waals surface area contributed by atoms with Crippen LogP contribution in [0.4, 0.5) is 0 Å². The zero-order chi connectivity index (χ0) is 13.6. The van der Waals surface area contributed by atoms with Crippen molar-refractivity contribution in [2.75, 3.05) is 6.54 Å². The second-order valence-electron chi connectivity index (χ2n) is 7.13. The summed E-state index contributed by atoms with van der Waals surface area (Å²) in [7, 11) is 0. The van der Waals surface area contributed by atoms with Gasteiger partial charge in [0.05, 0.1) is 10.7 Å². The number of hydrogen-bond acceptors (Lipinski definition) is 3. The second kappa shape index (κ2) is 4.85. The Morgan fingerprint density at radius 2 is 2.00 bits per heavy atom. The Morgan fingerprint density at radius 1 is 1.32 bits per heavy atom. The molecule has 1 aromatic rings. The van der Waals surface area contributed by atoms with E-state index in [1.165, 1.54) is 47.8 Å². The summed E-state index contributed by atoms with van der Waals surface area (Å²) in [6.45, 7) is 10.0. The summed E-state index contributed by atoms with van der Waals surface area (Å²) in [6.07, 6.45) is 5.54. The fourth-order valence-electron chi connectivity index (χ4n) is 3.71. The smallest absolute Gasteiger partial charge is 0.0936 e. The third kappa shape index (κ3) is 2.87. The molecule has 2 fully saturated rings. The van der Waals surface area contributed by atoms with Crippen molar-refractivity contribution in [3.63, 3.8) is 0 Å². The minimum Gasteiger partial charge on any atom is -0.314 e. The van der Waals surface area contributed by atoms with Crippen LogP contribution in [0, 0.1) is 31.1 Å². The Bertz CT molecular complexity index is 434. The SMILES string of the molecule is Cc1nc(CC2(CNC(C)C)CC3CC3C2)sc1C. The van der Waals surface area contributed by atoms with Crippen LogP contribution in [0.15, 0.2) is 0 Å². The Labute approximate surface area is 121 Å². The van der Waals surface area contributed by atoms with Crippen LogP contribution in [0.1, 0.15) is 48.7 Å². The van der Waals surface area contributed by atoms with E-state index in [2.05, 4.69) is 33.0 Å². The number of aromatic nitrogens is 1. The molecule has 3 rings (SSSR count). The van der Waals surface area contributed by atoms with E-state index in [1.54, 1.807) is 0 Å². The van der Waals surface area contributed by atoms with Gasteiger partial charge in [0.15, 0.2) is 0 Å². The molecule has 2 unspecified atom stereocenters. The van der Waals surface area contributed by atoms with E-state index in [0.29, 0.717) is 11.5 Å². The van der Waals surface area contributed by atoms with Gasteiger partial charge in [0.1, 0.15) is 0 Å². The normalized spacial score (nSPS) is 32.9. The van der Waals surface area contributed by atoms with Crippen LogP contribution in [-0.4, -0.2) is 17.6 Å². The lowest BCUT2D eigenvalue weighted by Crippen LogP contribution is -2.38. The van der Waals surface area contributed by atoms with Gasteiger partial charge in [0.2, 0.25) is 0 Å². The van der Waals surface area contributed by atoms with E-state index >= 15 is 0 Å². The van der Waals surface area contributed by atoms with E-state index in [0.717, 1.165) is 11.8 Å². The standard InChI is InChI=1S/C16H26N2S/c1-10(2)17-9-16(6-13-5-14(13)7-16)8-15-18-11(3)12(4)19-15/h10,13-14,17H,5-9H2,1-4H3. The molecule has 2 saturated carbocycles. The predicted octanol–water partition coefficient (Wildman–Crippen LogP) is 3.72. The van der Waals surface area contributed by atoms with Gasteiger partial charge < -0.3 is 5.32 Å². The summed E-state index contributed by atoms with van der Waals surface area (Å²) in [5.41, 5.74) is 1.73. The maximum Gasteiger partial charge on any atom is 0.0936 e. The van der Waals surface area contributed by atoms with Crippen LogP contribution in [0.2, 0.25) is 0 Å². The van der Waals surface area contributed by atoms with E-state index < -0.39 is 0 Å². The molecule has 0 aromatic carbocycles. The summed E-state index contributed by atoms with van der Waals surface area (Å²) in [6, 6.07) is 0.591. The topological polar surface area (TPSA) is 24.9 Å². The van der Waals surface area contributed by atoms with Gasteiger partial charge in [-0.2, -0.15) is 0 Å². The molecule has 106 valence electrons. The average Bonchev–Trinajstić information content (AvgIpc) is 2.82. The predicted molar refractivity (Wildman–Crippen MR) is 81.7 cm³/mol. The molecule has 0 aliphatic heterocycles. The van der Waals surface area contributed by atoms with Gasteiger partial charge in [-0.3, -0.25) is 0 Å². The van der Waals surface area contributed by atoms with Gasteiger partial charge in [0, 0.05) is 23.9 Å². The molecule has 19 heavy (non-hydrogen) atoms. The molecule has 1 heterocycles. The van der Waals surface area contributed by atoms with Crippen LogP contribution < -0.4 is 5.32 Å². The molecule has 0 radical (unpaired) electrons. The fraction of sp³-hybridized carbons (Fsp3) is 0.812. The van der Waals surface area contributed by atoms with Crippen LogP contribution in [-0.2, 0) is 6.42 Å². The maximum atomic E-state index is 4.78. The van der Waals surface area contributed by atoms with Gasteiger partial charge in [-0.25, -0.2) is 4.98 Å². The highest BCUT2D eigenvalue weighted by Crippen LogP contribution is 2.60. The van der Waals surface area contributed by atoms with Crippen molar-refractivity contribution in [2.45, 2.75) is 59.4 Å². The molecule has 0 spiro atoms. The highest BCUT2D eigenvalue weighted by molar-refractivity contribution is 7.11. The Morgan fingerprint density at radius 3 is 2.53 bits per heavy atom. The van der Waals surface area contributed by atoms with Crippen LogP contribution in [0.5, 0.6) is 0 Å². The van der Waals surface area contributed by atoms with Crippen molar-refractivity contribution in [1.29, 1.82) is 0 Å². The lowest BCUT2D eigenvalue weighted by molar-refractivity contribution is 0.241. The van der Waals surface area contributed by atoms with Crippen molar-refractivity contribution >= 4 is 11.3 Å². The molecule has 1 N–H and O–H groups in total. The zero-order valence-electron chi connectivity index (χ0n) is 12.6. The molecule has 0 amide bonds. The van der Waals surface area contributed by atoms with Crippen LogP contribution in [0.25, 0.3) is 0 Å². The van der Waals surface area contributed by atoms with Crippen molar-refractivity contribution in [2.24, 2.45) is 17.3 Å². The lowest BCUT2D eigenvalue weighted by Gasteiger charge is -2.31. The van der Waals surface area contributed by atoms with Crippen molar-refractivity contribution in [3.05, 3.63) is 15.6 Å². The van der Waals surface area contributed by atoms with Crippen molar-refractivity contribution < 1.29 is 0 Å². The molecule has 0 bridgehead atoms. The summed E-state index contributed by atoms with van der Waals surface area (Å²) in [5, 5.41) is 5.05.